The van der Waals surface area contributed by atoms with Crippen molar-refractivity contribution >= 4 is 5.78 Å². The van der Waals surface area contributed by atoms with Gasteiger partial charge in [-0.1, -0.05) is 20.8 Å². The highest BCUT2D eigenvalue weighted by Crippen LogP contribution is 2.13. The van der Waals surface area contributed by atoms with E-state index >= 15 is 0 Å². The number of hydrogen-bond donors (Lipinski definition) is 2. The Morgan fingerprint density at radius 1 is 0.875 bits per heavy atom. The summed E-state index contributed by atoms with van der Waals surface area (Å²) in [6.45, 7) is 11.3. The van der Waals surface area contributed by atoms with E-state index in [1.54, 1.807) is 0 Å². The van der Waals surface area contributed by atoms with Crippen LogP contribution in [0, 0.1) is 0 Å². The predicted molar refractivity (Wildman–Crippen MR) is 93.1 cm³/mol. The molecule has 2 N–H and O–H groups in total. The lowest BCUT2D eigenvalue weighted by atomic mass is 10.0. The normalized spacial score (nSPS) is 19.3. The molecule has 0 saturated heterocycles. The smallest absolute Gasteiger partial charge is 0.189 e. The predicted octanol–water partition coefficient (Wildman–Crippen LogP) is 2.09. The first-order valence-electron chi connectivity index (χ1n) is 9.04. The lowest BCUT2D eigenvalue weighted by Crippen LogP contribution is -2.48. The Kier molecular flexibility index (Phi) is 12.5. The van der Waals surface area contributed by atoms with Gasteiger partial charge in [0.15, 0.2) is 5.78 Å². The summed E-state index contributed by atoms with van der Waals surface area (Å²) in [5, 5.41) is 20.5. The lowest BCUT2D eigenvalue weighted by molar-refractivity contribution is -0.163. The highest BCUT2D eigenvalue weighted by molar-refractivity contribution is 5.85. The summed E-state index contributed by atoms with van der Waals surface area (Å²) in [5.74, 6) is -0.370. The van der Waals surface area contributed by atoms with Crippen LogP contribution in [0.3, 0.4) is 0 Å². The van der Waals surface area contributed by atoms with E-state index in [-0.39, 0.29) is 37.3 Å². The van der Waals surface area contributed by atoms with E-state index in [9.17, 15) is 15.0 Å². The summed E-state index contributed by atoms with van der Waals surface area (Å²) >= 11 is 0. The van der Waals surface area contributed by atoms with Crippen LogP contribution in [0.15, 0.2) is 0 Å². The largest absolute Gasteiger partial charge is 0.388 e. The minimum Gasteiger partial charge on any atom is -0.388 e. The van der Waals surface area contributed by atoms with Gasteiger partial charge in [0.25, 0.3) is 0 Å². The quantitative estimate of drug-likeness (QED) is 0.500. The molecule has 0 heterocycles. The van der Waals surface area contributed by atoms with E-state index in [1.165, 1.54) is 0 Å². The van der Waals surface area contributed by atoms with E-state index in [0.717, 1.165) is 12.8 Å². The van der Waals surface area contributed by atoms with Gasteiger partial charge in [-0.2, -0.15) is 0 Å². The van der Waals surface area contributed by atoms with Gasteiger partial charge in [0.1, 0.15) is 24.9 Å². The van der Waals surface area contributed by atoms with E-state index < -0.39 is 18.3 Å². The molecule has 0 saturated carbocycles. The van der Waals surface area contributed by atoms with Crippen LogP contribution in [0.2, 0.25) is 0 Å². The van der Waals surface area contributed by atoms with Gasteiger partial charge >= 0.3 is 0 Å². The third-order valence-corrected chi connectivity index (χ3v) is 4.19. The molecule has 3 unspecified atom stereocenters. The number of hydrogen-bond acceptors (Lipinski definition) is 6. The second kappa shape index (κ2) is 12.8. The van der Waals surface area contributed by atoms with Crippen LogP contribution in [-0.4, -0.2) is 65.8 Å². The van der Waals surface area contributed by atoms with Crippen molar-refractivity contribution in [2.45, 2.75) is 97.4 Å². The first-order valence-corrected chi connectivity index (χ1v) is 9.04. The van der Waals surface area contributed by atoms with E-state index in [0.29, 0.717) is 6.42 Å². The number of carbonyl (C=O) groups excluding carboxylic acids is 1. The van der Waals surface area contributed by atoms with Gasteiger partial charge in [-0.15, -0.1) is 0 Å². The first kappa shape index (κ1) is 23.5. The van der Waals surface area contributed by atoms with Crippen LogP contribution in [0.25, 0.3) is 0 Å². The van der Waals surface area contributed by atoms with E-state index in [2.05, 4.69) is 0 Å². The van der Waals surface area contributed by atoms with Crippen LogP contribution in [0.1, 0.15) is 60.8 Å². The number of ketones is 1. The monoisotopic (exact) mass is 348 g/mol. The van der Waals surface area contributed by atoms with Crippen LogP contribution in [0.5, 0.6) is 0 Å². The third kappa shape index (κ3) is 9.08. The Morgan fingerprint density at radius 2 is 1.38 bits per heavy atom. The maximum Gasteiger partial charge on any atom is 0.189 e. The molecule has 6 nitrogen and oxygen atoms in total. The molecule has 6 heteroatoms. The van der Waals surface area contributed by atoms with Gasteiger partial charge < -0.3 is 24.4 Å². The second-order valence-electron chi connectivity index (χ2n) is 6.38. The maximum atomic E-state index is 12.4. The Hall–Kier alpha value is -0.530. The fraction of sp³-hybridized carbons (Fsp3) is 0.944. The zero-order valence-electron chi connectivity index (χ0n) is 16.0. The maximum absolute atomic E-state index is 12.4. The lowest BCUT2D eigenvalue weighted by Gasteiger charge is -2.29. The molecule has 0 aliphatic heterocycles. The van der Waals surface area contributed by atoms with Crippen LogP contribution < -0.4 is 0 Å². The van der Waals surface area contributed by atoms with Gasteiger partial charge in [-0.05, 0) is 40.0 Å². The van der Waals surface area contributed by atoms with Gasteiger partial charge in [0.2, 0.25) is 0 Å². The van der Waals surface area contributed by atoms with Crippen LogP contribution in [0.4, 0.5) is 0 Å². The minimum atomic E-state index is -1.35. The van der Waals surface area contributed by atoms with Crippen molar-refractivity contribution in [1.29, 1.82) is 0 Å². The van der Waals surface area contributed by atoms with Crippen LogP contribution >= 0.6 is 0 Å². The Balaban J connectivity index is 4.80. The van der Waals surface area contributed by atoms with E-state index in [4.69, 9.17) is 14.2 Å². The highest BCUT2D eigenvalue weighted by atomic mass is 16.5. The molecule has 0 aliphatic carbocycles. The zero-order valence-corrected chi connectivity index (χ0v) is 16.0. The zero-order chi connectivity index (χ0) is 18.7. The summed E-state index contributed by atoms with van der Waals surface area (Å²) in [5.41, 5.74) is 0. The van der Waals surface area contributed by atoms with E-state index in [1.807, 2.05) is 41.5 Å². The number of ether oxygens (including phenoxy) is 3. The number of carbonyl (C=O) groups is 1. The summed E-state index contributed by atoms with van der Waals surface area (Å²) < 4.78 is 16.5. The molecule has 144 valence electrons. The van der Waals surface area contributed by atoms with Gasteiger partial charge in [0.05, 0.1) is 24.9 Å². The molecule has 0 fully saturated rings. The summed E-state index contributed by atoms with van der Waals surface area (Å²) in [6, 6.07) is 0. The number of aliphatic hydroxyl groups is 2. The Labute approximate surface area is 146 Å². The summed E-state index contributed by atoms with van der Waals surface area (Å²) in [6.07, 6.45) is -1.66. The van der Waals surface area contributed by atoms with Crippen molar-refractivity contribution in [3.05, 3.63) is 0 Å². The summed E-state index contributed by atoms with van der Waals surface area (Å²) in [7, 11) is 0. The van der Waals surface area contributed by atoms with Crippen molar-refractivity contribution in [3.63, 3.8) is 0 Å². The molecule has 0 bridgehead atoms. The van der Waals surface area contributed by atoms with Crippen molar-refractivity contribution in [2.24, 2.45) is 0 Å². The molecule has 24 heavy (non-hydrogen) atoms. The number of rotatable bonds is 14. The molecule has 0 aromatic rings. The van der Waals surface area contributed by atoms with Crippen LogP contribution in [-0.2, 0) is 19.0 Å². The van der Waals surface area contributed by atoms with Gasteiger partial charge in [-0.3, -0.25) is 4.79 Å². The van der Waals surface area contributed by atoms with Crippen molar-refractivity contribution in [2.75, 3.05) is 13.2 Å². The average molecular weight is 348 g/mol. The molecule has 0 spiro atoms. The standard InChI is InChI=1S/C18H36O6/c1-7-12(4)22-10-15(19)17(21)18(24-14(6)9-3)16(20)11-23-13(5)8-2/h12-15,17-19,21H,7-11H2,1-6H3/t12?,13?,14?,15-,17+,18+/m1/s1. The number of Topliss-reactive ketones (excluding diaryl/α,β-unsaturated/α-hetero) is 1. The molecule has 6 atom stereocenters. The molecule has 0 rings (SSSR count). The van der Waals surface area contributed by atoms with Crippen molar-refractivity contribution in [1.82, 2.24) is 0 Å². The SMILES string of the molecule is CCC(C)OCC(=O)[C@H](OC(C)CC)[C@@H](O)[C@H](O)COC(C)CC. The molecule has 0 amide bonds. The minimum absolute atomic E-state index is 0.0229. The fourth-order valence-corrected chi connectivity index (χ4v) is 1.80. The third-order valence-electron chi connectivity index (χ3n) is 4.19. The van der Waals surface area contributed by atoms with Crippen molar-refractivity contribution in [3.8, 4) is 0 Å². The molecule has 0 aromatic heterocycles. The fourth-order valence-electron chi connectivity index (χ4n) is 1.80. The Morgan fingerprint density at radius 3 is 1.88 bits per heavy atom. The highest BCUT2D eigenvalue weighted by Gasteiger charge is 2.34. The molecule has 0 aromatic carbocycles. The van der Waals surface area contributed by atoms with Gasteiger partial charge in [0, 0.05) is 0 Å². The molecular weight excluding hydrogens is 312 g/mol. The second-order valence-corrected chi connectivity index (χ2v) is 6.38. The molecule has 0 radical (unpaired) electrons. The first-order chi connectivity index (χ1) is 11.3. The Bertz CT molecular complexity index is 335. The van der Waals surface area contributed by atoms with Crippen molar-refractivity contribution < 1.29 is 29.2 Å². The van der Waals surface area contributed by atoms with Gasteiger partial charge in [-0.25, -0.2) is 0 Å². The molecular formula is C18H36O6. The molecule has 0 aliphatic rings. The topological polar surface area (TPSA) is 85.2 Å². The summed E-state index contributed by atoms with van der Waals surface area (Å²) in [4.78, 5) is 12.4. The number of aliphatic hydroxyl groups excluding tert-OH is 2. The average Bonchev–Trinajstić information content (AvgIpc) is 2.60.